The summed E-state index contributed by atoms with van der Waals surface area (Å²) in [6.45, 7) is 0.387. The molecule has 1 aliphatic heterocycles. The van der Waals surface area contributed by atoms with Gasteiger partial charge >= 0.3 is 0 Å². The molecule has 1 amide bonds. The standard InChI is InChI=1S/C29H25N3O4S2/c1-34-23-12-9-19(10-13-23)17-31-28(33)26(38-29(31)37)16-21-18-32(22-7-5-4-6-8-22)30-27(21)20-11-14-24(35-2)25(15-20)36-3/h4-16,18H,17H2,1-3H3/b26-16+. The molecule has 9 heteroatoms. The molecule has 7 nitrogen and oxygen atoms in total. The van der Waals surface area contributed by atoms with Crippen molar-refractivity contribution < 1.29 is 19.0 Å². The van der Waals surface area contributed by atoms with Gasteiger partial charge < -0.3 is 14.2 Å². The number of para-hydroxylation sites is 1. The van der Waals surface area contributed by atoms with Crippen LogP contribution in [0.5, 0.6) is 17.2 Å². The highest BCUT2D eigenvalue weighted by Gasteiger charge is 2.32. The van der Waals surface area contributed by atoms with Crippen LogP contribution in [-0.2, 0) is 11.3 Å². The third-order valence-electron chi connectivity index (χ3n) is 6.08. The molecule has 0 bridgehead atoms. The van der Waals surface area contributed by atoms with E-state index in [-0.39, 0.29) is 5.91 Å². The van der Waals surface area contributed by atoms with E-state index >= 15 is 0 Å². The Labute approximate surface area is 230 Å². The lowest BCUT2D eigenvalue weighted by Gasteiger charge is -2.14. The molecule has 4 aromatic rings. The van der Waals surface area contributed by atoms with Crippen LogP contribution in [0.4, 0.5) is 0 Å². The zero-order chi connectivity index (χ0) is 26.6. The largest absolute Gasteiger partial charge is 0.497 e. The fraction of sp³-hybridized carbons (Fsp3) is 0.138. The zero-order valence-corrected chi connectivity index (χ0v) is 22.7. The van der Waals surface area contributed by atoms with Gasteiger partial charge in [-0.25, -0.2) is 4.68 Å². The SMILES string of the molecule is COc1ccc(CN2C(=O)/C(=C\c3cn(-c4ccccc4)nc3-c3ccc(OC)c(OC)c3)SC2=S)cc1. The fourth-order valence-corrected chi connectivity index (χ4v) is 5.35. The second kappa shape index (κ2) is 11.1. The van der Waals surface area contributed by atoms with Crippen molar-refractivity contribution in [3.05, 3.63) is 95.0 Å². The van der Waals surface area contributed by atoms with E-state index in [0.29, 0.717) is 33.0 Å². The summed E-state index contributed by atoms with van der Waals surface area (Å²) in [7, 11) is 4.82. The molecule has 5 rings (SSSR count). The third-order valence-corrected chi connectivity index (χ3v) is 7.46. The summed E-state index contributed by atoms with van der Waals surface area (Å²) < 4.78 is 18.5. The number of rotatable bonds is 8. The van der Waals surface area contributed by atoms with Crippen molar-refractivity contribution in [1.29, 1.82) is 0 Å². The molecule has 0 N–H and O–H groups in total. The van der Waals surface area contributed by atoms with Gasteiger partial charge in [-0.05, 0) is 54.1 Å². The van der Waals surface area contributed by atoms with E-state index in [1.54, 1.807) is 30.9 Å². The predicted molar refractivity (Wildman–Crippen MR) is 154 cm³/mol. The van der Waals surface area contributed by atoms with Gasteiger partial charge in [0.2, 0.25) is 0 Å². The Kier molecular flexibility index (Phi) is 7.48. The molecule has 38 heavy (non-hydrogen) atoms. The summed E-state index contributed by atoms with van der Waals surface area (Å²) in [4.78, 5) is 15.6. The fourth-order valence-electron chi connectivity index (χ4n) is 4.10. The summed E-state index contributed by atoms with van der Waals surface area (Å²) in [5.74, 6) is 1.84. The van der Waals surface area contributed by atoms with Crippen molar-refractivity contribution in [2.24, 2.45) is 0 Å². The average Bonchev–Trinajstić information content (AvgIpc) is 3.50. The first-order valence-corrected chi connectivity index (χ1v) is 13.0. The van der Waals surface area contributed by atoms with Crippen molar-refractivity contribution in [2.75, 3.05) is 21.3 Å². The smallest absolute Gasteiger partial charge is 0.266 e. The number of thiocarbonyl (C=S) groups is 1. The monoisotopic (exact) mass is 543 g/mol. The van der Waals surface area contributed by atoms with Crippen LogP contribution >= 0.6 is 24.0 Å². The van der Waals surface area contributed by atoms with Gasteiger partial charge in [-0.3, -0.25) is 9.69 Å². The number of amides is 1. The van der Waals surface area contributed by atoms with Crippen LogP contribution in [0.1, 0.15) is 11.1 Å². The molecule has 0 atom stereocenters. The van der Waals surface area contributed by atoms with E-state index in [0.717, 1.165) is 28.1 Å². The maximum Gasteiger partial charge on any atom is 0.266 e. The Morgan fingerprint density at radius 2 is 1.66 bits per heavy atom. The Balaban J connectivity index is 1.52. The molecule has 0 radical (unpaired) electrons. The number of carbonyl (C=O) groups is 1. The van der Waals surface area contributed by atoms with Crippen molar-refractivity contribution in [1.82, 2.24) is 14.7 Å². The molecule has 0 unspecified atom stereocenters. The molecule has 1 aliphatic rings. The van der Waals surface area contributed by atoms with Crippen LogP contribution in [0.25, 0.3) is 23.0 Å². The third kappa shape index (κ3) is 5.16. The van der Waals surface area contributed by atoms with E-state index in [1.165, 1.54) is 11.8 Å². The van der Waals surface area contributed by atoms with Gasteiger partial charge in [0.05, 0.1) is 38.5 Å². The van der Waals surface area contributed by atoms with Gasteiger partial charge in [0.25, 0.3) is 5.91 Å². The number of thioether (sulfide) groups is 1. The predicted octanol–water partition coefficient (Wildman–Crippen LogP) is 5.97. The molecular weight excluding hydrogens is 518 g/mol. The number of methoxy groups -OCH3 is 3. The maximum absolute atomic E-state index is 13.4. The highest BCUT2D eigenvalue weighted by molar-refractivity contribution is 8.26. The van der Waals surface area contributed by atoms with Gasteiger partial charge in [-0.15, -0.1) is 0 Å². The molecule has 0 saturated carbocycles. The van der Waals surface area contributed by atoms with E-state index in [1.807, 2.05) is 85.1 Å². The van der Waals surface area contributed by atoms with E-state index in [4.69, 9.17) is 31.5 Å². The quantitative estimate of drug-likeness (QED) is 0.200. The molecule has 0 spiro atoms. The van der Waals surface area contributed by atoms with Crippen molar-refractivity contribution in [3.8, 4) is 34.2 Å². The van der Waals surface area contributed by atoms with Crippen LogP contribution in [0.3, 0.4) is 0 Å². The van der Waals surface area contributed by atoms with Crippen molar-refractivity contribution in [2.45, 2.75) is 6.54 Å². The Morgan fingerprint density at radius 1 is 0.921 bits per heavy atom. The maximum atomic E-state index is 13.4. The molecule has 0 aliphatic carbocycles. The van der Waals surface area contributed by atoms with Gasteiger partial charge in [-0.1, -0.05) is 54.3 Å². The summed E-state index contributed by atoms with van der Waals surface area (Å²) in [6.07, 6.45) is 3.77. The normalized spacial score (nSPS) is 14.3. The lowest BCUT2D eigenvalue weighted by molar-refractivity contribution is -0.122. The number of aromatic nitrogens is 2. The van der Waals surface area contributed by atoms with Crippen molar-refractivity contribution >= 4 is 40.3 Å². The van der Waals surface area contributed by atoms with E-state index in [2.05, 4.69) is 0 Å². The topological polar surface area (TPSA) is 65.8 Å². The first kappa shape index (κ1) is 25.6. The molecular formula is C29H25N3O4S2. The van der Waals surface area contributed by atoms with Gasteiger partial charge in [0.1, 0.15) is 15.8 Å². The Bertz CT molecular complexity index is 1510. The van der Waals surface area contributed by atoms with Crippen LogP contribution in [0, 0.1) is 0 Å². The number of carbonyl (C=O) groups excluding carboxylic acids is 1. The first-order chi connectivity index (χ1) is 18.5. The lowest BCUT2D eigenvalue weighted by atomic mass is 10.1. The molecule has 2 heterocycles. The van der Waals surface area contributed by atoms with Crippen LogP contribution < -0.4 is 14.2 Å². The summed E-state index contributed by atoms with van der Waals surface area (Å²) in [5.41, 5.74) is 4.19. The highest BCUT2D eigenvalue weighted by Crippen LogP contribution is 2.37. The summed E-state index contributed by atoms with van der Waals surface area (Å²) >= 11 is 6.87. The molecule has 1 aromatic heterocycles. The van der Waals surface area contributed by atoms with Gasteiger partial charge in [-0.2, -0.15) is 5.10 Å². The highest BCUT2D eigenvalue weighted by atomic mass is 32.2. The van der Waals surface area contributed by atoms with Gasteiger partial charge in [0, 0.05) is 17.3 Å². The zero-order valence-electron chi connectivity index (χ0n) is 21.1. The Hall–Kier alpha value is -4.08. The van der Waals surface area contributed by atoms with Crippen LogP contribution in [0.15, 0.2) is 83.9 Å². The van der Waals surface area contributed by atoms with Crippen LogP contribution in [0.2, 0.25) is 0 Å². The summed E-state index contributed by atoms with van der Waals surface area (Å²) in [5, 5.41) is 4.87. The minimum absolute atomic E-state index is 0.137. The molecule has 1 saturated heterocycles. The average molecular weight is 544 g/mol. The number of hydrogen-bond donors (Lipinski definition) is 0. The molecule has 1 fully saturated rings. The number of nitrogens with zero attached hydrogens (tertiary/aromatic N) is 3. The number of hydrogen-bond acceptors (Lipinski definition) is 7. The Morgan fingerprint density at radius 3 is 2.34 bits per heavy atom. The first-order valence-electron chi connectivity index (χ1n) is 11.8. The van der Waals surface area contributed by atoms with Crippen LogP contribution in [-0.4, -0.2) is 46.2 Å². The van der Waals surface area contributed by atoms with E-state index in [9.17, 15) is 4.79 Å². The second-order valence-electron chi connectivity index (χ2n) is 8.40. The minimum atomic E-state index is -0.137. The second-order valence-corrected chi connectivity index (χ2v) is 10.1. The van der Waals surface area contributed by atoms with E-state index < -0.39 is 0 Å². The van der Waals surface area contributed by atoms with Gasteiger partial charge in [0.15, 0.2) is 11.5 Å². The number of benzene rings is 3. The molecule has 3 aromatic carbocycles. The summed E-state index contributed by atoms with van der Waals surface area (Å²) in [6, 6.07) is 23.1. The van der Waals surface area contributed by atoms with Crippen molar-refractivity contribution in [3.63, 3.8) is 0 Å². The molecule has 192 valence electrons. The minimum Gasteiger partial charge on any atom is -0.497 e. The lowest BCUT2D eigenvalue weighted by Crippen LogP contribution is -2.27. The number of ether oxygens (including phenoxy) is 3.